The molecule has 1 aromatic rings. The molecule has 0 spiro atoms. The molecule has 0 aliphatic heterocycles. The molecule has 0 aromatic heterocycles. The van der Waals surface area contributed by atoms with Gasteiger partial charge in [-0.15, -0.1) is 0 Å². The fraction of sp³-hybridized carbons (Fsp3) is 0.286. The van der Waals surface area contributed by atoms with Gasteiger partial charge in [-0.05, 0) is 32.1 Å². The largest absolute Gasteiger partial charge is 0.464 e. The van der Waals surface area contributed by atoms with E-state index in [4.69, 9.17) is 4.74 Å². The number of carbonyl (C=O) groups excluding carboxylic acids is 2. The van der Waals surface area contributed by atoms with Crippen molar-refractivity contribution in [3.63, 3.8) is 0 Å². The number of para-hydroxylation sites is 1. The van der Waals surface area contributed by atoms with Crippen molar-refractivity contribution in [3.8, 4) is 0 Å². The number of nitrogens with one attached hydrogen (secondary N) is 1. The van der Waals surface area contributed by atoms with Crippen molar-refractivity contribution in [2.45, 2.75) is 19.9 Å². The number of allylic oxidation sites excluding steroid dienone is 1. The van der Waals surface area contributed by atoms with Gasteiger partial charge in [0, 0.05) is 11.3 Å². The van der Waals surface area contributed by atoms with Crippen molar-refractivity contribution in [1.29, 1.82) is 0 Å². The Kier molecular flexibility index (Phi) is 5.11. The smallest absolute Gasteiger partial charge is 0.328 e. The second kappa shape index (κ2) is 6.59. The van der Waals surface area contributed by atoms with E-state index in [0.29, 0.717) is 17.9 Å². The quantitative estimate of drug-likeness (QED) is 0.476. The second-order valence-corrected chi connectivity index (χ2v) is 3.73. The number of rotatable bonds is 6. The summed E-state index contributed by atoms with van der Waals surface area (Å²) in [5.41, 5.74) is 1.09. The Morgan fingerprint density at radius 3 is 2.72 bits per heavy atom. The highest BCUT2D eigenvalue weighted by atomic mass is 16.5. The summed E-state index contributed by atoms with van der Waals surface area (Å²) in [5.74, 6) is -0.535. The number of carbonyl (C=O) groups is 2. The Labute approximate surface area is 107 Å². The molecular weight excluding hydrogens is 230 g/mol. The van der Waals surface area contributed by atoms with Crippen molar-refractivity contribution >= 4 is 17.4 Å². The second-order valence-electron chi connectivity index (χ2n) is 3.73. The van der Waals surface area contributed by atoms with Crippen LogP contribution in [0.1, 0.15) is 24.2 Å². The highest BCUT2D eigenvalue weighted by molar-refractivity contribution is 6.08. The van der Waals surface area contributed by atoms with Gasteiger partial charge in [0.25, 0.3) is 0 Å². The normalized spacial score (nSPS) is 11.4. The van der Waals surface area contributed by atoms with Crippen LogP contribution in [-0.2, 0) is 9.53 Å². The molecule has 0 saturated heterocycles. The Hall–Kier alpha value is -2.10. The molecule has 96 valence electrons. The number of hydrogen-bond acceptors (Lipinski definition) is 4. The number of ketones is 1. The van der Waals surface area contributed by atoms with E-state index in [1.165, 1.54) is 6.08 Å². The minimum atomic E-state index is -0.510. The lowest BCUT2D eigenvalue weighted by Gasteiger charge is -2.15. The third-order valence-electron chi connectivity index (χ3n) is 2.39. The minimum absolute atomic E-state index is 0.186. The maximum atomic E-state index is 11.6. The van der Waals surface area contributed by atoms with Crippen LogP contribution < -0.4 is 5.32 Å². The molecule has 1 N–H and O–H groups in total. The van der Waals surface area contributed by atoms with E-state index in [0.717, 1.165) is 0 Å². The van der Waals surface area contributed by atoms with Crippen LogP contribution in [0.4, 0.5) is 5.69 Å². The molecule has 4 nitrogen and oxygen atoms in total. The highest BCUT2D eigenvalue weighted by Crippen LogP contribution is 2.17. The van der Waals surface area contributed by atoms with Crippen LogP contribution >= 0.6 is 0 Å². The van der Waals surface area contributed by atoms with Crippen molar-refractivity contribution in [2.75, 3.05) is 11.9 Å². The van der Waals surface area contributed by atoms with Crippen molar-refractivity contribution < 1.29 is 14.3 Å². The van der Waals surface area contributed by atoms with E-state index in [1.54, 1.807) is 38.1 Å². The molecule has 4 heteroatoms. The predicted octanol–water partition coefficient (Wildman–Crippen LogP) is 2.42. The van der Waals surface area contributed by atoms with E-state index in [9.17, 15) is 9.59 Å². The highest BCUT2D eigenvalue weighted by Gasteiger charge is 2.16. The van der Waals surface area contributed by atoms with Crippen molar-refractivity contribution in [2.24, 2.45) is 0 Å². The molecule has 1 rings (SSSR count). The van der Waals surface area contributed by atoms with Gasteiger partial charge < -0.3 is 10.1 Å². The Bertz CT molecular complexity index is 454. The summed E-state index contributed by atoms with van der Waals surface area (Å²) in [6.45, 7) is 7.22. The molecular formula is C14H17NO3. The molecule has 0 aliphatic rings. The van der Waals surface area contributed by atoms with Gasteiger partial charge in [0.1, 0.15) is 6.04 Å². The lowest BCUT2D eigenvalue weighted by Crippen LogP contribution is -2.28. The summed E-state index contributed by atoms with van der Waals surface area (Å²) < 4.78 is 4.90. The molecule has 0 unspecified atom stereocenters. The molecule has 0 amide bonds. The van der Waals surface area contributed by atoms with E-state index in [-0.39, 0.29) is 11.8 Å². The fourth-order valence-corrected chi connectivity index (χ4v) is 1.49. The third-order valence-corrected chi connectivity index (χ3v) is 2.39. The lowest BCUT2D eigenvalue weighted by molar-refractivity contribution is -0.143. The van der Waals surface area contributed by atoms with Crippen LogP contribution in [0.15, 0.2) is 36.9 Å². The number of ether oxygens (including phenoxy) is 1. The zero-order valence-corrected chi connectivity index (χ0v) is 10.6. The average molecular weight is 247 g/mol. The summed E-state index contributed by atoms with van der Waals surface area (Å²) >= 11 is 0. The van der Waals surface area contributed by atoms with Gasteiger partial charge in [-0.25, -0.2) is 4.79 Å². The number of esters is 1. The summed E-state index contributed by atoms with van der Waals surface area (Å²) in [4.78, 5) is 23.1. The van der Waals surface area contributed by atoms with Crippen molar-refractivity contribution in [1.82, 2.24) is 0 Å². The minimum Gasteiger partial charge on any atom is -0.464 e. The monoisotopic (exact) mass is 247 g/mol. The molecule has 0 fully saturated rings. The van der Waals surface area contributed by atoms with Gasteiger partial charge in [-0.1, -0.05) is 18.7 Å². The zero-order valence-electron chi connectivity index (χ0n) is 10.6. The summed E-state index contributed by atoms with van der Waals surface area (Å²) in [6.07, 6.45) is 1.25. The SMILES string of the molecule is C=CC(=O)c1ccccc1N[C@@H](C)C(=O)OCC. The van der Waals surface area contributed by atoms with E-state index < -0.39 is 6.04 Å². The van der Waals surface area contributed by atoms with E-state index in [2.05, 4.69) is 11.9 Å². The Balaban J connectivity index is 2.87. The van der Waals surface area contributed by atoms with Crippen LogP contribution in [0, 0.1) is 0 Å². The first-order valence-electron chi connectivity index (χ1n) is 5.79. The number of hydrogen-bond donors (Lipinski definition) is 1. The molecule has 0 saturated carbocycles. The van der Waals surface area contributed by atoms with Crippen LogP contribution in [0.2, 0.25) is 0 Å². The van der Waals surface area contributed by atoms with Gasteiger partial charge in [-0.3, -0.25) is 4.79 Å². The molecule has 1 aromatic carbocycles. The average Bonchev–Trinajstić information content (AvgIpc) is 2.38. The zero-order chi connectivity index (χ0) is 13.5. The van der Waals surface area contributed by atoms with Gasteiger partial charge in [0.15, 0.2) is 5.78 Å². The maximum Gasteiger partial charge on any atom is 0.328 e. The summed E-state index contributed by atoms with van der Waals surface area (Å²) in [7, 11) is 0. The number of anilines is 1. The van der Waals surface area contributed by atoms with Gasteiger partial charge in [0.05, 0.1) is 6.61 Å². The first-order valence-corrected chi connectivity index (χ1v) is 5.79. The molecule has 0 radical (unpaired) electrons. The molecule has 1 atom stereocenters. The van der Waals surface area contributed by atoms with Crippen LogP contribution in [0.3, 0.4) is 0 Å². The summed E-state index contributed by atoms with van der Waals surface area (Å²) in [6, 6.07) is 6.47. The summed E-state index contributed by atoms with van der Waals surface area (Å²) in [5, 5.41) is 2.97. The van der Waals surface area contributed by atoms with E-state index in [1.807, 2.05) is 0 Å². The lowest BCUT2D eigenvalue weighted by atomic mass is 10.1. The maximum absolute atomic E-state index is 11.6. The standard InChI is InChI=1S/C14H17NO3/c1-4-13(16)11-8-6-7-9-12(11)15-10(3)14(17)18-5-2/h4,6-10,15H,1,5H2,2-3H3/t10-/m0/s1. The first kappa shape index (κ1) is 14.0. The first-order chi connectivity index (χ1) is 8.60. The Morgan fingerprint density at radius 1 is 1.44 bits per heavy atom. The van der Waals surface area contributed by atoms with Crippen LogP contribution in [0.25, 0.3) is 0 Å². The van der Waals surface area contributed by atoms with Gasteiger partial charge in [-0.2, -0.15) is 0 Å². The topological polar surface area (TPSA) is 55.4 Å². The van der Waals surface area contributed by atoms with Gasteiger partial charge >= 0.3 is 5.97 Å². The molecule has 0 bridgehead atoms. The van der Waals surface area contributed by atoms with E-state index >= 15 is 0 Å². The van der Waals surface area contributed by atoms with Gasteiger partial charge in [0.2, 0.25) is 0 Å². The van der Waals surface area contributed by atoms with Crippen LogP contribution in [-0.4, -0.2) is 24.4 Å². The molecule has 0 heterocycles. The molecule has 18 heavy (non-hydrogen) atoms. The molecule has 0 aliphatic carbocycles. The third kappa shape index (κ3) is 3.45. The predicted molar refractivity (Wildman–Crippen MR) is 70.7 cm³/mol. The van der Waals surface area contributed by atoms with Crippen LogP contribution in [0.5, 0.6) is 0 Å². The number of benzene rings is 1. The van der Waals surface area contributed by atoms with Crippen molar-refractivity contribution in [3.05, 3.63) is 42.5 Å². The fourth-order valence-electron chi connectivity index (χ4n) is 1.49. The Morgan fingerprint density at radius 2 is 2.11 bits per heavy atom.